The maximum atomic E-state index is 13.2. The molecule has 146 valence electrons. The van der Waals surface area contributed by atoms with E-state index in [1.165, 1.54) is 30.8 Å². The minimum atomic E-state index is -0.312. The molecule has 0 spiro atoms. The van der Waals surface area contributed by atoms with Gasteiger partial charge in [0, 0.05) is 23.4 Å². The number of nitrogens with one attached hydrogen (secondary N) is 1. The molecule has 2 aromatic heterocycles. The van der Waals surface area contributed by atoms with Crippen molar-refractivity contribution >= 4 is 23.3 Å². The topological polar surface area (TPSA) is 80.6 Å². The number of carbonyl (C=O) groups excluding carboxylic acids is 2. The van der Waals surface area contributed by atoms with Gasteiger partial charge < -0.3 is 9.55 Å². The smallest absolute Gasteiger partial charge is 0.191 e. The molecule has 0 radical (unpaired) electrons. The molecule has 3 rings (SSSR count). The van der Waals surface area contributed by atoms with E-state index in [1.54, 1.807) is 26.0 Å². The Morgan fingerprint density at radius 2 is 1.86 bits per heavy atom. The summed E-state index contributed by atoms with van der Waals surface area (Å²) in [5.41, 5.74) is 3.17. The van der Waals surface area contributed by atoms with Crippen LogP contribution in [-0.4, -0.2) is 37.1 Å². The molecule has 8 heteroatoms. The standard InChI is InChI=1S/C20H21FN4O2S/c1-5-25-19(14-6-8-15(21)9-7-14)23-24-20(25)28-10-16(27)18-11(2)17(13(4)26)12(3)22-18/h6-9,22H,5,10H2,1-4H3. The Labute approximate surface area is 166 Å². The molecule has 28 heavy (non-hydrogen) atoms. The zero-order valence-corrected chi connectivity index (χ0v) is 17.0. The van der Waals surface area contributed by atoms with E-state index in [4.69, 9.17) is 0 Å². The van der Waals surface area contributed by atoms with Gasteiger partial charge in [-0.25, -0.2) is 4.39 Å². The number of nitrogens with zero attached hydrogens (tertiary/aromatic N) is 3. The van der Waals surface area contributed by atoms with Crippen molar-refractivity contribution in [2.75, 3.05) is 5.75 Å². The van der Waals surface area contributed by atoms with Gasteiger partial charge in [0.05, 0.1) is 11.4 Å². The highest BCUT2D eigenvalue weighted by Crippen LogP contribution is 2.26. The molecule has 0 amide bonds. The summed E-state index contributed by atoms with van der Waals surface area (Å²) in [5, 5.41) is 9.01. The van der Waals surface area contributed by atoms with Gasteiger partial charge in [-0.15, -0.1) is 10.2 Å². The van der Waals surface area contributed by atoms with Crippen LogP contribution in [0.25, 0.3) is 11.4 Å². The van der Waals surface area contributed by atoms with Gasteiger partial charge in [0.1, 0.15) is 5.82 Å². The summed E-state index contributed by atoms with van der Waals surface area (Å²) in [4.78, 5) is 27.5. The summed E-state index contributed by atoms with van der Waals surface area (Å²) in [6.07, 6.45) is 0. The van der Waals surface area contributed by atoms with E-state index in [9.17, 15) is 14.0 Å². The number of H-pyrrole nitrogens is 1. The molecule has 1 N–H and O–H groups in total. The lowest BCUT2D eigenvalue weighted by Gasteiger charge is -2.07. The van der Waals surface area contributed by atoms with Gasteiger partial charge in [-0.2, -0.15) is 0 Å². The largest absolute Gasteiger partial charge is 0.355 e. The van der Waals surface area contributed by atoms with Gasteiger partial charge >= 0.3 is 0 Å². The fourth-order valence-corrected chi connectivity index (χ4v) is 4.13. The molecule has 0 saturated heterocycles. The molecule has 0 saturated carbocycles. The number of rotatable bonds is 7. The van der Waals surface area contributed by atoms with Crippen LogP contribution in [-0.2, 0) is 6.54 Å². The molecular formula is C20H21FN4O2S. The van der Waals surface area contributed by atoms with Crippen LogP contribution in [0.3, 0.4) is 0 Å². The lowest BCUT2D eigenvalue weighted by atomic mass is 10.1. The number of benzene rings is 1. The molecule has 2 heterocycles. The monoisotopic (exact) mass is 400 g/mol. The van der Waals surface area contributed by atoms with Gasteiger partial charge in [-0.3, -0.25) is 9.59 Å². The second-order valence-corrected chi connectivity index (χ2v) is 7.39. The van der Waals surface area contributed by atoms with E-state index in [0.29, 0.717) is 40.0 Å². The predicted octanol–water partition coefficient (Wildman–Crippen LogP) is 4.23. The quantitative estimate of drug-likeness (QED) is 0.474. The third kappa shape index (κ3) is 3.77. The zero-order chi connectivity index (χ0) is 20.4. The molecule has 1 aromatic carbocycles. The highest BCUT2D eigenvalue weighted by Gasteiger charge is 2.21. The van der Waals surface area contributed by atoms with E-state index in [-0.39, 0.29) is 23.1 Å². The number of aromatic nitrogens is 4. The van der Waals surface area contributed by atoms with Crippen LogP contribution in [0.1, 0.15) is 46.0 Å². The normalized spacial score (nSPS) is 11.0. The van der Waals surface area contributed by atoms with Crippen LogP contribution < -0.4 is 0 Å². The molecule has 0 atom stereocenters. The summed E-state index contributed by atoms with van der Waals surface area (Å²) in [7, 11) is 0. The molecule has 0 aliphatic heterocycles. The Kier molecular flexibility index (Phi) is 5.79. The van der Waals surface area contributed by atoms with Crippen molar-refractivity contribution in [1.29, 1.82) is 0 Å². The van der Waals surface area contributed by atoms with Crippen molar-refractivity contribution < 1.29 is 14.0 Å². The maximum absolute atomic E-state index is 13.2. The lowest BCUT2D eigenvalue weighted by Crippen LogP contribution is -2.07. The van der Waals surface area contributed by atoms with Crippen molar-refractivity contribution in [3.05, 3.63) is 52.6 Å². The van der Waals surface area contributed by atoms with Crippen LogP contribution in [0.5, 0.6) is 0 Å². The Morgan fingerprint density at radius 3 is 2.43 bits per heavy atom. The first kappa shape index (κ1) is 20.0. The van der Waals surface area contributed by atoms with Crippen molar-refractivity contribution in [1.82, 2.24) is 19.7 Å². The van der Waals surface area contributed by atoms with Gasteiger partial charge in [0.2, 0.25) is 0 Å². The number of hydrogen-bond donors (Lipinski definition) is 1. The third-order valence-corrected chi connectivity index (χ3v) is 5.50. The highest BCUT2D eigenvalue weighted by molar-refractivity contribution is 7.99. The van der Waals surface area contributed by atoms with Crippen molar-refractivity contribution in [2.45, 2.75) is 39.4 Å². The second-order valence-electron chi connectivity index (χ2n) is 6.45. The van der Waals surface area contributed by atoms with Crippen LogP contribution in [0.15, 0.2) is 29.4 Å². The molecule has 0 bridgehead atoms. The minimum Gasteiger partial charge on any atom is -0.355 e. The third-order valence-electron chi connectivity index (χ3n) is 4.54. The summed E-state index contributed by atoms with van der Waals surface area (Å²) in [6.45, 7) is 7.63. The molecule has 0 fully saturated rings. The number of thioether (sulfide) groups is 1. The van der Waals surface area contributed by atoms with Gasteiger partial charge in [-0.05, 0) is 57.5 Å². The van der Waals surface area contributed by atoms with E-state index >= 15 is 0 Å². The molecule has 6 nitrogen and oxygen atoms in total. The van der Waals surface area contributed by atoms with Gasteiger partial charge in [0.25, 0.3) is 0 Å². The number of carbonyl (C=O) groups is 2. The molecule has 0 unspecified atom stereocenters. The number of hydrogen-bond acceptors (Lipinski definition) is 5. The summed E-state index contributed by atoms with van der Waals surface area (Å²) in [6, 6.07) is 6.06. The predicted molar refractivity (Wildman–Crippen MR) is 106 cm³/mol. The summed E-state index contributed by atoms with van der Waals surface area (Å²) in [5.74, 6) is 0.315. The summed E-state index contributed by atoms with van der Waals surface area (Å²) >= 11 is 1.29. The molecule has 3 aromatic rings. The number of aromatic amines is 1. The van der Waals surface area contributed by atoms with E-state index in [0.717, 1.165) is 5.56 Å². The van der Waals surface area contributed by atoms with Crippen molar-refractivity contribution in [2.24, 2.45) is 0 Å². The van der Waals surface area contributed by atoms with Gasteiger partial charge in [-0.1, -0.05) is 11.8 Å². The first-order valence-corrected chi connectivity index (χ1v) is 9.87. The fourth-order valence-electron chi connectivity index (χ4n) is 3.25. The van der Waals surface area contributed by atoms with E-state index in [2.05, 4.69) is 15.2 Å². The van der Waals surface area contributed by atoms with Crippen LogP contribution in [0, 0.1) is 19.7 Å². The molecular weight excluding hydrogens is 379 g/mol. The fraction of sp³-hybridized carbons (Fsp3) is 0.300. The Balaban J connectivity index is 1.80. The number of ketones is 2. The van der Waals surface area contributed by atoms with Crippen molar-refractivity contribution in [3.63, 3.8) is 0 Å². The van der Waals surface area contributed by atoms with Crippen LogP contribution in [0.4, 0.5) is 4.39 Å². The number of halogens is 1. The number of Topliss-reactive ketones (excluding diaryl/α,β-unsaturated/α-hetero) is 2. The van der Waals surface area contributed by atoms with Crippen LogP contribution >= 0.6 is 11.8 Å². The van der Waals surface area contributed by atoms with Crippen LogP contribution in [0.2, 0.25) is 0 Å². The second kappa shape index (κ2) is 8.10. The van der Waals surface area contributed by atoms with E-state index in [1.807, 2.05) is 11.5 Å². The Hall–Kier alpha value is -2.74. The van der Waals surface area contributed by atoms with Crippen molar-refractivity contribution in [3.8, 4) is 11.4 Å². The molecule has 0 aliphatic rings. The van der Waals surface area contributed by atoms with E-state index < -0.39 is 0 Å². The Bertz CT molecular complexity index is 1040. The SMILES string of the molecule is CCn1c(SCC(=O)c2[nH]c(C)c(C(C)=O)c2C)nnc1-c1ccc(F)cc1. The zero-order valence-electron chi connectivity index (χ0n) is 16.2. The lowest BCUT2D eigenvalue weighted by molar-refractivity contribution is 0.101. The average Bonchev–Trinajstić information content (AvgIpc) is 3.20. The highest BCUT2D eigenvalue weighted by atomic mass is 32.2. The number of aryl methyl sites for hydroxylation is 1. The minimum absolute atomic E-state index is 0.0624. The van der Waals surface area contributed by atoms with Gasteiger partial charge in [0.15, 0.2) is 22.5 Å². The maximum Gasteiger partial charge on any atom is 0.191 e. The molecule has 0 aliphatic carbocycles. The average molecular weight is 400 g/mol. The Morgan fingerprint density at radius 1 is 1.18 bits per heavy atom. The summed E-state index contributed by atoms with van der Waals surface area (Å²) < 4.78 is 15.1. The first-order valence-electron chi connectivity index (χ1n) is 8.88. The first-order chi connectivity index (χ1) is 13.3.